The monoisotopic (exact) mass is 340 g/mol. The van der Waals surface area contributed by atoms with Gasteiger partial charge in [-0.15, -0.1) is 0 Å². The molecule has 0 fully saturated rings. The highest BCUT2D eigenvalue weighted by Gasteiger charge is 2.18. The molecule has 130 valence electrons. The van der Waals surface area contributed by atoms with Crippen molar-refractivity contribution >= 4 is 23.2 Å². The Hall–Kier alpha value is -3.27. The van der Waals surface area contributed by atoms with E-state index in [0.29, 0.717) is 16.8 Å². The predicted molar refractivity (Wildman–Crippen MR) is 94.2 cm³/mol. The van der Waals surface area contributed by atoms with Crippen LogP contribution in [0, 0.1) is 11.3 Å². The van der Waals surface area contributed by atoms with E-state index in [1.165, 1.54) is 18.6 Å². The highest BCUT2D eigenvalue weighted by molar-refractivity contribution is 6.02. The summed E-state index contributed by atoms with van der Waals surface area (Å²) in [6, 6.07) is 7.83. The Balaban J connectivity index is 2.07. The molecular weight excluding hydrogens is 320 g/mol. The molecule has 0 radical (unpaired) electrons. The molecule has 0 aliphatic carbocycles. The van der Waals surface area contributed by atoms with Gasteiger partial charge >= 0.3 is 0 Å². The summed E-state index contributed by atoms with van der Waals surface area (Å²) < 4.78 is 4.85. The minimum absolute atomic E-state index is 0.344. The molecular formula is C18H20N4O3. The molecule has 1 aromatic carbocycles. The summed E-state index contributed by atoms with van der Waals surface area (Å²) >= 11 is 0. The van der Waals surface area contributed by atoms with E-state index in [1.54, 1.807) is 25.1 Å². The van der Waals surface area contributed by atoms with Crippen LogP contribution < -0.4 is 16.0 Å². The SMILES string of the molecule is CCCNc1ccc(C#N)cc1NC(=O)C(C)NC(=O)c1ccoc1. The fourth-order valence-electron chi connectivity index (χ4n) is 2.11. The third-order valence-corrected chi connectivity index (χ3v) is 3.50. The summed E-state index contributed by atoms with van der Waals surface area (Å²) in [6.45, 7) is 4.35. The van der Waals surface area contributed by atoms with Crippen LogP contribution in [0.3, 0.4) is 0 Å². The van der Waals surface area contributed by atoms with Crippen molar-refractivity contribution in [2.75, 3.05) is 17.2 Å². The van der Waals surface area contributed by atoms with Crippen LogP contribution in [0.15, 0.2) is 41.2 Å². The minimum Gasteiger partial charge on any atom is -0.472 e. The standard InChI is InChI=1S/C18H20N4O3/c1-3-7-20-15-5-4-13(10-19)9-16(15)22-17(23)12(2)21-18(24)14-6-8-25-11-14/h4-6,8-9,11-12,20H,3,7H2,1-2H3,(H,21,24)(H,22,23). The molecule has 0 aliphatic heterocycles. The van der Waals surface area contributed by atoms with E-state index in [4.69, 9.17) is 9.68 Å². The van der Waals surface area contributed by atoms with E-state index in [0.717, 1.165) is 18.7 Å². The van der Waals surface area contributed by atoms with Crippen LogP contribution in [-0.2, 0) is 4.79 Å². The molecule has 7 nitrogen and oxygen atoms in total. The number of rotatable bonds is 7. The first-order valence-electron chi connectivity index (χ1n) is 7.97. The Morgan fingerprint density at radius 2 is 2.08 bits per heavy atom. The van der Waals surface area contributed by atoms with Crippen LogP contribution in [0.5, 0.6) is 0 Å². The fraction of sp³-hybridized carbons (Fsp3) is 0.278. The first-order valence-corrected chi connectivity index (χ1v) is 7.97. The van der Waals surface area contributed by atoms with Gasteiger partial charge in [0, 0.05) is 6.54 Å². The molecule has 2 rings (SSSR count). The second-order valence-corrected chi connectivity index (χ2v) is 5.50. The summed E-state index contributed by atoms with van der Waals surface area (Å²) in [5.41, 5.74) is 2.01. The second-order valence-electron chi connectivity index (χ2n) is 5.50. The number of anilines is 2. The van der Waals surface area contributed by atoms with Gasteiger partial charge in [-0.2, -0.15) is 5.26 Å². The molecule has 2 aromatic rings. The molecule has 2 amide bonds. The normalized spacial score (nSPS) is 11.2. The van der Waals surface area contributed by atoms with E-state index in [-0.39, 0.29) is 5.91 Å². The van der Waals surface area contributed by atoms with Crippen molar-refractivity contribution in [1.82, 2.24) is 5.32 Å². The van der Waals surface area contributed by atoms with Crippen molar-refractivity contribution in [1.29, 1.82) is 5.26 Å². The van der Waals surface area contributed by atoms with E-state index < -0.39 is 11.9 Å². The molecule has 0 saturated carbocycles. The van der Waals surface area contributed by atoms with Crippen LogP contribution in [0.2, 0.25) is 0 Å². The summed E-state index contributed by atoms with van der Waals surface area (Å²) in [5.74, 6) is -0.780. The molecule has 1 unspecified atom stereocenters. The average Bonchev–Trinajstić information content (AvgIpc) is 3.15. The first-order chi connectivity index (χ1) is 12.0. The molecule has 25 heavy (non-hydrogen) atoms. The van der Waals surface area contributed by atoms with Crippen molar-refractivity contribution in [3.05, 3.63) is 47.9 Å². The van der Waals surface area contributed by atoms with Crippen molar-refractivity contribution in [2.45, 2.75) is 26.3 Å². The van der Waals surface area contributed by atoms with Gasteiger partial charge in [0.1, 0.15) is 12.3 Å². The number of furan rings is 1. The number of carbonyl (C=O) groups excluding carboxylic acids is 2. The van der Waals surface area contributed by atoms with E-state index >= 15 is 0 Å². The van der Waals surface area contributed by atoms with Crippen molar-refractivity contribution in [3.63, 3.8) is 0 Å². The van der Waals surface area contributed by atoms with Crippen LogP contribution in [0.1, 0.15) is 36.2 Å². The zero-order valence-corrected chi connectivity index (χ0v) is 14.1. The van der Waals surface area contributed by atoms with Crippen molar-refractivity contribution < 1.29 is 14.0 Å². The fourth-order valence-corrected chi connectivity index (χ4v) is 2.11. The molecule has 1 heterocycles. The van der Waals surface area contributed by atoms with E-state index in [1.807, 2.05) is 13.0 Å². The summed E-state index contributed by atoms with van der Waals surface area (Å²) in [5, 5.41) is 17.6. The molecule has 7 heteroatoms. The Labute approximate surface area is 146 Å². The first kappa shape index (κ1) is 18.1. The van der Waals surface area contributed by atoms with Crippen molar-refractivity contribution in [2.24, 2.45) is 0 Å². The van der Waals surface area contributed by atoms with Gasteiger partial charge in [0.25, 0.3) is 5.91 Å². The topological polar surface area (TPSA) is 107 Å². The number of nitrogens with zero attached hydrogens (tertiary/aromatic N) is 1. The zero-order valence-electron chi connectivity index (χ0n) is 14.1. The Bertz CT molecular complexity index is 778. The number of hydrogen-bond acceptors (Lipinski definition) is 5. The van der Waals surface area contributed by atoms with Gasteiger partial charge in [0.15, 0.2) is 0 Å². The van der Waals surface area contributed by atoms with Gasteiger partial charge in [0.2, 0.25) is 5.91 Å². The van der Waals surface area contributed by atoms with E-state index in [2.05, 4.69) is 16.0 Å². The quantitative estimate of drug-likeness (QED) is 0.718. The maximum atomic E-state index is 12.4. The molecule has 3 N–H and O–H groups in total. The predicted octanol–water partition coefficient (Wildman–Crippen LogP) is 2.73. The minimum atomic E-state index is -0.757. The third kappa shape index (κ3) is 4.85. The zero-order chi connectivity index (χ0) is 18.2. The number of carbonyl (C=O) groups is 2. The molecule has 1 aromatic heterocycles. The largest absolute Gasteiger partial charge is 0.472 e. The van der Waals surface area contributed by atoms with Crippen LogP contribution in [-0.4, -0.2) is 24.4 Å². The number of amides is 2. The van der Waals surface area contributed by atoms with E-state index in [9.17, 15) is 9.59 Å². The van der Waals surface area contributed by atoms with Gasteiger partial charge in [-0.1, -0.05) is 6.92 Å². The number of nitriles is 1. The van der Waals surface area contributed by atoms with Crippen LogP contribution in [0.25, 0.3) is 0 Å². The molecule has 0 spiro atoms. The highest BCUT2D eigenvalue weighted by Crippen LogP contribution is 2.23. The lowest BCUT2D eigenvalue weighted by Gasteiger charge is -2.17. The van der Waals surface area contributed by atoms with Gasteiger partial charge in [0.05, 0.1) is 34.8 Å². The maximum Gasteiger partial charge on any atom is 0.255 e. The Morgan fingerprint density at radius 1 is 1.28 bits per heavy atom. The number of hydrogen-bond donors (Lipinski definition) is 3. The van der Waals surface area contributed by atoms with Crippen molar-refractivity contribution in [3.8, 4) is 6.07 Å². The number of nitrogens with one attached hydrogen (secondary N) is 3. The smallest absolute Gasteiger partial charge is 0.255 e. The summed E-state index contributed by atoms with van der Waals surface area (Å²) in [4.78, 5) is 24.4. The molecule has 1 atom stereocenters. The lowest BCUT2D eigenvalue weighted by atomic mass is 10.1. The Kier molecular flexibility index (Phi) is 6.18. The Morgan fingerprint density at radius 3 is 2.72 bits per heavy atom. The molecule has 0 bridgehead atoms. The van der Waals surface area contributed by atoms with Crippen LogP contribution >= 0.6 is 0 Å². The number of benzene rings is 1. The average molecular weight is 340 g/mol. The maximum absolute atomic E-state index is 12.4. The lowest BCUT2D eigenvalue weighted by molar-refractivity contribution is -0.117. The van der Waals surface area contributed by atoms with Gasteiger partial charge in [-0.25, -0.2) is 0 Å². The van der Waals surface area contributed by atoms with Gasteiger partial charge in [-0.3, -0.25) is 9.59 Å². The second kappa shape index (κ2) is 8.55. The highest BCUT2D eigenvalue weighted by atomic mass is 16.3. The van der Waals surface area contributed by atoms with Gasteiger partial charge in [-0.05, 0) is 37.6 Å². The molecule has 0 aliphatic rings. The third-order valence-electron chi connectivity index (χ3n) is 3.50. The molecule has 0 saturated heterocycles. The van der Waals surface area contributed by atoms with Gasteiger partial charge < -0.3 is 20.4 Å². The summed E-state index contributed by atoms with van der Waals surface area (Å²) in [6.07, 6.45) is 3.62. The summed E-state index contributed by atoms with van der Waals surface area (Å²) in [7, 11) is 0. The lowest BCUT2D eigenvalue weighted by Crippen LogP contribution is -2.41. The van der Waals surface area contributed by atoms with Crippen LogP contribution in [0.4, 0.5) is 11.4 Å².